The van der Waals surface area contributed by atoms with Crippen LogP contribution >= 0.6 is 35.3 Å². The topological polar surface area (TPSA) is 58.5 Å². The number of aliphatic imine (C=N–C) groups is 1. The van der Waals surface area contributed by atoms with Gasteiger partial charge >= 0.3 is 0 Å². The Morgan fingerprint density at radius 3 is 2.93 bits per heavy atom. The summed E-state index contributed by atoms with van der Waals surface area (Å²) in [4.78, 5) is 9.31. The molecule has 0 radical (unpaired) electrons. The third-order valence-electron chi connectivity index (χ3n) is 4.34. The SMILES string of the molecule is CCNC(=NCc1nc(C(C)C)cs1)NCCc1ccc2c(c1)CCO2.I. The van der Waals surface area contributed by atoms with Crippen molar-refractivity contribution < 1.29 is 4.74 Å². The summed E-state index contributed by atoms with van der Waals surface area (Å²) < 4.78 is 5.57. The maximum Gasteiger partial charge on any atom is 0.191 e. The Balaban J connectivity index is 0.00000261. The molecule has 148 valence electrons. The normalized spacial score (nSPS) is 13.1. The smallest absolute Gasteiger partial charge is 0.191 e. The van der Waals surface area contributed by atoms with Crippen LogP contribution in [0.5, 0.6) is 5.75 Å². The number of ether oxygens (including phenoxy) is 1. The van der Waals surface area contributed by atoms with Gasteiger partial charge in [0.05, 0.1) is 18.8 Å². The van der Waals surface area contributed by atoms with Gasteiger partial charge in [0, 0.05) is 24.9 Å². The molecule has 0 unspecified atom stereocenters. The molecule has 1 aliphatic rings. The van der Waals surface area contributed by atoms with E-state index in [1.165, 1.54) is 11.1 Å². The lowest BCUT2D eigenvalue weighted by atomic mass is 10.1. The highest BCUT2D eigenvalue weighted by atomic mass is 127. The maximum atomic E-state index is 5.57. The minimum Gasteiger partial charge on any atom is -0.493 e. The fourth-order valence-corrected chi connectivity index (χ4v) is 3.75. The van der Waals surface area contributed by atoms with E-state index < -0.39 is 0 Å². The van der Waals surface area contributed by atoms with E-state index in [2.05, 4.69) is 65.0 Å². The van der Waals surface area contributed by atoms with Gasteiger partial charge < -0.3 is 15.4 Å². The van der Waals surface area contributed by atoms with Crippen molar-refractivity contribution in [2.75, 3.05) is 19.7 Å². The number of halogens is 1. The maximum absolute atomic E-state index is 5.57. The van der Waals surface area contributed by atoms with Crippen molar-refractivity contribution in [1.82, 2.24) is 15.6 Å². The average molecular weight is 500 g/mol. The first-order chi connectivity index (χ1) is 12.7. The number of hydrogen-bond acceptors (Lipinski definition) is 4. The highest BCUT2D eigenvalue weighted by molar-refractivity contribution is 14.0. The molecule has 0 spiro atoms. The molecular weight excluding hydrogens is 471 g/mol. The van der Waals surface area contributed by atoms with Gasteiger partial charge in [0.1, 0.15) is 10.8 Å². The van der Waals surface area contributed by atoms with Crippen LogP contribution in [0.15, 0.2) is 28.6 Å². The van der Waals surface area contributed by atoms with E-state index in [0.717, 1.165) is 54.9 Å². The molecule has 0 fully saturated rings. The first-order valence-electron chi connectivity index (χ1n) is 9.36. The summed E-state index contributed by atoms with van der Waals surface area (Å²) in [6, 6.07) is 6.50. The van der Waals surface area contributed by atoms with Crippen LogP contribution in [-0.2, 0) is 19.4 Å². The fourth-order valence-electron chi connectivity index (χ4n) is 2.87. The number of benzene rings is 1. The summed E-state index contributed by atoms with van der Waals surface area (Å²) in [6.45, 7) is 9.53. The largest absolute Gasteiger partial charge is 0.493 e. The second-order valence-corrected chi connectivity index (χ2v) is 7.68. The van der Waals surface area contributed by atoms with E-state index >= 15 is 0 Å². The van der Waals surface area contributed by atoms with Crippen molar-refractivity contribution in [3.63, 3.8) is 0 Å². The zero-order valence-corrected chi connectivity index (χ0v) is 19.4. The van der Waals surface area contributed by atoms with Gasteiger partial charge in [0.2, 0.25) is 0 Å². The third-order valence-corrected chi connectivity index (χ3v) is 5.19. The third kappa shape index (κ3) is 6.34. The van der Waals surface area contributed by atoms with Gasteiger partial charge in [-0.05, 0) is 36.5 Å². The van der Waals surface area contributed by atoms with Crippen molar-refractivity contribution in [2.24, 2.45) is 4.99 Å². The van der Waals surface area contributed by atoms with Gasteiger partial charge in [0.25, 0.3) is 0 Å². The molecule has 0 amide bonds. The monoisotopic (exact) mass is 500 g/mol. The number of nitrogens with zero attached hydrogens (tertiary/aromatic N) is 2. The molecule has 0 aliphatic carbocycles. The van der Waals surface area contributed by atoms with Crippen LogP contribution < -0.4 is 15.4 Å². The van der Waals surface area contributed by atoms with E-state index in [-0.39, 0.29) is 24.0 Å². The highest BCUT2D eigenvalue weighted by Gasteiger charge is 2.12. The number of nitrogens with one attached hydrogen (secondary N) is 2. The summed E-state index contributed by atoms with van der Waals surface area (Å²) in [7, 11) is 0. The second-order valence-electron chi connectivity index (χ2n) is 6.73. The number of hydrogen-bond donors (Lipinski definition) is 2. The van der Waals surface area contributed by atoms with Crippen LogP contribution in [0.3, 0.4) is 0 Å². The Hall–Kier alpha value is -1.35. The lowest BCUT2D eigenvalue weighted by Crippen LogP contribution is -2.38. The van der Waals surface area contributed by atoms with Crippen molar-refractivity contribution in [2.45, 2.75) is 46.1 Å². The van der Waals surface area contributed by atoms with Gasteiger partial charge in [-0.1, -0.05) is 26.0 Å². The highest BCUT2D eigenvalue weighted by Crippen LogP contribution is 2.25. The second kappa shape index (κ2) is 10.8. The van der Waals surface area contributed by atoms with E-state index in [9.17, 15) is 0 Å². The van der Waals surface area contributed by atoms with Crippen LogP contribution in [0.1, 0.15) is 48.5 Å². The molecule has 1 aromatic heterocycles. The Morgan fingerprint density at radius 1 is 1.33 bits per heavy atom. The Morgan fingerprint density at radius 2 is 2.19 bits per heavy atom. The predicted octanol–water partition coefficient (Wildman–Crippen LogP) is 4.12. The predicted molar refractivity (Wildman–Crippen MR) is 124 cm³/mol. The van der Waals surface area contributed by atoms with E-state index in [0.29, 0.717) is 12.5 Å². The van der Waals surface area contributed by atoms with Crippen molar-refractivity contribution in [3.05, 3.63) is 45.4 Å². The summed E-state index contributed by atoms with van der Waals surface area (Å²) >= 11 is 1.68. The summed E-state index contributed by atoms with van der Waals surface area (Å²) in [5.74, 6) is 2.35. The molecule has 0 bridgehead atoms. The zero-order valence-electron chi connectivity index (χ0n) is 16.2. The zero-order chi connectivity index (χ0) is 18.4. The Labute approximate surface area is 183 Å². The van der Waals surface area contributed by atoms with E-state index in [1.54, 1.807) is 11.3 Å². The molecule has 0 saturated carbocycles. The van der Waals surface area contributed by atoms with Gasteiger partial charge in [0.15, 0.2) is 5.96 Å². The van der Waals surface area contributed by atoms with Crippen molar-refractivity contribution in [3.8, 4) is 5.75 Å². The molecule has 1 aliphatic heterocycles. The minimum absolute atomic E-state index is 0. The standard InChI is InChI=1S/C20H28N4OS.HI/c1-4-21-20(23-12-19-24-17(13-26-19)14(2)3)22-9-7-15-5-6-18-16(11-15)8-10-25-18;/h5-6,11,13-14H,4,7-10,12H2,1-3H3,(H2,21,22,23);1H. The summed E-state index contributed by atoms with van der Waals surface area (Å²) in [5, 5.41) is 9.92. The van der Waals surface area contributed by atoms with E-state index in [1.807, 2.05) is 0 Å². The van der Waals surface area contributed by atoms with Crippen LogP contribution in [0, 0.1) is 0 Å². The number of guanidine groups is 1. The van der Waals surface area contributed by atoms with Crippen LogP contribution in [0.4, 0.5) is 0 Å². The first kappa shape index (κ1) is 21.9. The Bertz CT molecular complexity index is 760. The molecular formula is C20H29IN4OS. The number of fused-ring (bicyclic) bond motifs is 1. The van der Waals surface area contributed by atoms with Crippen LogP contribution in [0.2, 0.25) is 0 Å². The molecule has 27 heavy (non-hydrogen) atoms. The van der Waals surface area contributed by atoms with Gasteiger partial charge in [-0.25, -0.2) is 9.98 Å². The number of aromatic nitrogens is 1. The van der Waals surface area contributed by atoms with Gasteiger partial charge in [-0.2, -0.15) is 0 Å². The molecule has 2 aromatic rings. The van der Waals surface area contributed by atoms with Gasteiger partial charge in [-0.15, -0.1) is 35.3 Å². The molecule has 3 rings (SSSR count). The number of rotatable bonds is 7. The van der Waals surface area contributed by atoms with Crippen molar-refractivity contribution in [1.29, 1.82) is 0 Å². The molecule has 5 nitrogen and oxygen atoms in total. The lowest BCUT2D eigenvalue weighted by Gasteiger charge is -2.11. The Kier molecular flexibility index (Phi) is 8.82. The van der Waals surface area contributed by atoms with E-state index in [4.69, 9.17) is 4.74 Å². The lowest BCUT2D eigenvalue weighted by molar-refractivity contribution is 0.357. The summed E-state index contributed by atoms with van der Waals surface area (Å²) in [6.07, 6.45) is 1.99. The minimum atomic E-state index is 0. The van der Waals surface area contributed by atoms with Crippen LogP contribution in [-0.4, -0.2) is 30.6 Å². The fraction of sp³-hybridized carbons (Fsp3) is 0.500. The average Bonchev–Trinajstić information content (AvgIpc) is 3.28. The molecule has 2 N–H and O–H groups in total. The molecule has 2 heterocycles. The van der Waals surface area contributed by atoms with Gasteiger partial charge in [-0.3, -0.25) is 0 Å². The molecule has 7 heteroatoms. The quantitative estimate of drug-likeness (QED) is 0.341. The molecule has 0 atom stereocenters. The first-order valence-corrected chi connectivity index (χ1v) is 10.2. The molecule has 1 aromatic carbocycles. The molecule has 0 saturated heterocycles. The van der Waals surface area contributed by atoms with Crippen molar-refractivity contribution >= 4 is 41.3 Å². The number of thiazole rings is 1. The van der Waals surface area contributed by atoms with Crippen LogP contribution in [0.25, 0.3) is 0 Å². The summed E-state index contributed by atoms with van der Waals surface area (Å²) in [5.41, 5.74) is 3.81.